The fourth-order valence-corrected chi connectivity index (χ4v) is 2.78. The molecule has 0 unspecified atom stereocenters. The SMILES string of the molecule is NCCCN(Cc1cccnc1)c1ncc(Cl)cc1Br. The quantitative estimate of drug-likeness (QED) is 0.864. The second kappa shape index (κ2) is 7.57. The van der Waals surface area contributed by atoms with E-state index in [1.165, 1.54) is 0 Å². The van der Waals surface area contributed by atoms with Gasteiger partial charge in [-0.15, -0.1) is 0 Å². The van der Waals surface area contributed by atoms with Gasteiger partial charge in [-0.3, -0.25) is 4.98 Å². The van der Waals surface area contributed by atoms with Gasteiger partial charge in [0.15, 0.2) is 0 Å². The van der Waals surface area contributed by atoms with Crippen molar-refractivity contribution in [1.29, 1.82) is 0 Å². The Balaban J connectivity index is 2.22. The van der Waals surface area contributed by atoms with Gasteiger partial charge in [-0.1, -0.05) is 17.7 Å². The zero-order chi connectivity index (χ0) is 14.4. The zero-order valence-electron chi connectivity index (χ0n) is 11.0. The van der Waals surface area contributed by atoms with Crippen molar-refractivity contribution >= 4 is 33.3 Å². The third-order valence-corrected chi connectivity index (χ3v) is 3.61. The molecule has 2 rings (SSSR count). The second-order valence-corrected chi connectivity index (χ2v) is 5.67. The Hall–Kier alpha value is -1.17. The van der Waals surface area contributed by atoms with Crippen molar-refractivity contribution in [2.45, 2.75) is 13.0 Å². The van der Waals surface area contributed by atoms with Crippen molar-refractivity contribution in [2.24, 2.45) is 5.73 Å². The zero-order valence-corrected chi connectivity index (χ0v) is 13.3. The minimum atomic E-state index is 0.612. The molecule has 106 valence electrons. The van der Waals surface area contributed by atoms with Crippen LogP contribution in [0.4, 0.5) is 5.82 Å². The number of aromatic nitrogens is 2. The number of hydrogen-bond donors (Lipinski definition) is 1. The number of pyridine rings is 2. The summed E-state index contributed by atoms with van der Waals surface area (Å²) in [5.74, 6) is 0.867. The van der Waals surface area contributed by atoms with Gasteiger partial charge in [-0.25, -0.2) is 4.98 Å². The standard InChI is InChI=1S/C14H16BrClN4/c15-13-7-12(16)9-19-14(13)20(6-2-4-17)10-11-3-1-5-18-8-11/h1,3,5,7-9H,2,4,6,10,17H2. The van der Waals surface area contributed by atoms with E-state index in [-0.39, 0.29) is 0 Å². The molecule has 0 aliphatic rings. The molecule has 2 aromatic heterocycles. The van der Waals surface area contributed by atoms with Gasteiger partial charge in [-0.05, 0) is 46.6 Å². The molecule has 6 heteroatoms. The molecule has 2 aromatic rings. The smallest absolute Gasteiger partial charge is 0.143 e. The highest BCUT2D eigenvalue weighted by atomic mass is 79.9. The van der Waals surface area contributed by atoms with Gasteiger partial charge in [0.25, 0.3) is 0 Å². The predicted octanol–water partition coefficient (Wildman–Crippen LogP) is 3.25. The van der Waals surface area contributed by atoms with E-state index in [0.29, 0.717) is 11.6 Å². The minimum Gasteiger partial charge on any atom is -0.351 e. The largest absolute Gasteiger partial charge is 0.351 e. The summed E-state index contributed by atoms with van der Waals surface area (Å²) in [5.41, 5.74) is 6.75. The van der Waals surface area contributed by atoms with Crippen molar-refractivity contribution in [2.75, 3.05) is 18.0 Å². The summed E-state index contributed by atoms with van der Waals surface area (Å²) in [6.07, 6.45) is 6.18. The summed E-state index contributed by atoms with van der Waals surface area (Å²) < 4.78 is 0.880. The Morgan fingerprint density at radius 1 is 1.35 bits per heavy atom. The maximum atomic E-state index is 5.95. The van der Waals surface area contributed by atoms with Crippen LogP contribution in [-0.2, 0) is 6.54 Å². The van der Waals surface area contributed by atoms with E-state index in [1.54, 1.807) is 12.4 Å². The minimum absolute atomic E-state index is 0.612. The van der Waals surface area contributed by atoms with Crippen LogP contribution in [0.5, 0.6) is 0 Å². The first-order valence-corrected chi connectivity index (χ1v) is 7.53. The molecule has 2 heterocycles. The van der Waals surface area contributed by atoms with Crippen LogP contribution in [-0.4, -0.2) is 23.1 Å². The lowest BCUT2D eigenvalue weighted by Crippen LogP contribution is -2.27. The normalized spacial score (nSPS) is 10.6. The summed E-state index contributed by atoms with van der Waals surface area (Å²) in [5, 5.41) is 0.612. The predicted molar refractivity (Wildman–Crippen MR) is 85.9 cm³/mol. The molecule has 20 heavy (non-hydrogen) atoms. The van der Waals surface area contributed by atoms with Gasteiger partial charge in [0.2, 0.25) is 0 Å². The average Bonchev–Trinajstić information content (AvgIpc) is 2.45. The molecule has 2 N–H and O–H groups in total. The van der Waals surface area contributed by atoms with Gasteiger partial charge in [0.1, 0.15) is 5.82 Å². The fourth-order valence-electron chi connectivity index (χ4n) is 1.89. The van der Waals surface area contributed by atoms with Gasteiger partial charge in [0, 0.05) is 31.7 Å². The van der Waals surface area contributed by atoms with Gasteiger partial charge in [0.05, 0.1) is 9.50 Å². The van der Waals surface area contributed by atoms with Crippen LogP contribution in [0.1, 0.15) is 12.0 Å². The Bertz CT molecular complexity index is 550. The molecule has 4 nitrogen and oxygen atoms in total. The number of halogens is 2. The van der Waals surface area contributed by atoms with Crippen molar-refractivity contribution in [3.05, 3.63) is 51.8 Å². The van der Waals surface area contributed by atoms with Gasteiger partial charge < -0.3 is 10.6 Å². The summed E-state index contributed by atoms with van der Waals surface area (Å²) >= 11 is 9.46. The highest BCUT2D eigenvalue weighted by molar-refractivity contribution is 9.10. The molecule has 0 saturated heterocycles. The molecule has 0 aliphatic carbocycles. The van der Waals surface area contributed by atoms with Gasteiger partial charge in [-0.2, -0.15) is 0 Å². The molecule has 0 atom stereocenters. The fraction of sp³-hybridized carbons (Fsp3) is 0.286. The summed E-state index contributed by atoms with van der Waals surface area (Å²) in [4.78, 5) is 10.7. The Morgan fingerprint density at radius 3 is 2.85 bits per heavy atom. The lowest BCUT2D eigenvalue weighted by molar-refractivity contribution is 0.723. The third kappa shape index (κ3) is 4.16. The van der Waals surface area contributed by atoms with Crippen molar-refractivity contribution in [3.8, 4) is 0 Å². The number of hydrogen-bond acceptors (Lipinski definition) is 4. The molecular formula is C14H16BrClN4. The topological polar surface area (TPSA) is 55.0 Å². The Morgan fingerprint density at radius 2 is 2.20 bits per heavy atom. The highest BCUT2D eigenvalue weighted by Gasteiger charge is 2.12. The van der Waals surface area contributed by atoms with Crippen LogP contribution in [0.15, 0.2) is 41.3 Å². The van der Waals surface area contributed by atoms with E-state index >= 15 is 0 Å². The van der Waals surface area contributed by atoms with Crippen LogP contribution in [0.2, 0.25) is 5.02 Å². The van der Waals surface area contributed by atoms with Crippen LogP contribution >= 0.6 is 27.5 Å². The lowest BCUT2D eigenvalue weighted by Gasteiger charge is -2.24. The molecule has 0 aliphatic heterocycles. The second-order valence-electron chi connectivity index (χ2n) is 4.38. The first-order chi connectivity index (χ1) is 9.70. The maximum Gasteiger partial charge on any atom is 0.143 e. The molecule has 0 spiro atoms. The lowest BCUT2D eigenvalue weighted by atomic mass is 10.2. The Labute approximate surface area is 132 Å². The van der Waals surface area contributed by atoms with Crippen LogP contribution in [0, 0.1) is 0 Å². The maximum absolute atomic E-state index is 5.95. The summed E-state index contributed by atoms with van der Waals surface area (Å²) in [7, 11) is 0. The molecular weight excluding hydrogens is 340 g/mol. The van der Waals surface area contributed by atoms with Crippen molar-refractivity contribution in [1.82, 2.24) is 9.97 Å². The molecule has 0 bridgehead atoms. The summed E-state index contributed by atoms with van der Waals surface area (Å²) in [6.45, 7) is 2.22. The molecule has 0 amide bonds. The van der Waals surface area contributed by atoms with Crippen LogP contribution in [0.3, 0.4) is 0 Å². The van der Waals surface area contributed by atoms with E-state index in [9.17, 15) is 0 Å². The van der Waals surface area contributed by atoms with Crippen molar-refractivity contribution in [3.63, 3.8) is 0 Å². The molecule has 0 radical (unpaired) electrons. The average molecular weight is 356 g/mol. The van der Waals surface area contributed by atoms with Gasteiger partial charge >= 0.3 is 0 Å². The molecule has 0 fully saturated rings. The molecule has 0 aromatic carbocycles. The van der Waals surface area contributed by atoms with E-state index in [4.69, 9.17) is 17.3 Å². The number of rotatable bonds is 6. The number of nitrogens with two attached hydrogens (primary N) is 1. The number of anilines is 1. The third-order valence-electron chi connectivity index (χ3n) is 2.82. The van der Waals surface area contributed by atoms with E-state index in [1.807, 2.05) is 24.4 Å². The first kappa shape index (κ1) is 15.2. The summed E-state index contributed by atoms with van der Waals surface area (Å²) in [6, 6.07) is 5.83. The highest BCUT2D eigenvalue weighted by Crippen LogP contribution is 2.27. The first-order valence-electron chi connectivity index (χ1n) is 6.35. The van der Waals surface area contributed by atoms with E-state index in [0.717, 1.165) is 35.4 Å². The van der Waals surface area contributed by atoms with Crippen LogP contribution < -0.4 is 10.6 Å². The van der Waals surface area contributed by atoms with Crippen molar-refractivity contribution < 1.29 is 0 Å². The number of nitrogens with zero attached hydrogens (tertiary/aromatic N) is 3. The van der Waals surface area contributed by atoms with E-state index in [2.05, 4.69) is 30.8 Å². The van der Waals surface area contributed by atoms with Crippen LogP contribution in [0.25, 0.3) is 0 Å². The van der Waals surface area contributed by atoms with E-state index < -0.39 is 0 Å². The molecule has 0 saturated carbocycles. The monoisotopic (exact) mass is 354 g/mol. The Kier molecular flexibility index (Phi) is 5.76.